The third-order valence-corrected chi connectivity index (χ3v) is 3.93. The largest absolute Gasteiger partial charge is 0.385 e. The van der Waals surface area contributed by atoms with Crippen LogP contribution in [-0.2, 0) is 4.74 Å². The van der Waals surface area contributed by atoms with Gasteiger partial charge >= 0.3 is 0 Å². The van der Waals surface area contributed by atoms with Crippen LogP contribution in [0.2, 0.25) is 0 Å². The van der Waals surface area contributed by atoms with Crippen LogP contribution >= 0.6 is 0 Å². The minimum Gasteiger partial charge on any atom is -0.385 e. The standard InChI is InChI=1S/C15H31NO/c1-3-11-16-15(10-7-12-17-2)13-14-8-5-4-6-9-14/h14-16H,3-13H2,1-2H3. The highest BCUT2D eigenvalue weighted by Gasteiger charge is 2.18. The summed E-state index contributed by atoms with van der Waals surface area (Å²) in [6.07, 6.45) is 12.4. The smallest absolute Gasteiger partial charge is 0.0462 e. The van der Waals surface area contributed by atoms with Crippen LogP contribution in [0.4, 0.5) is 0 Å². The van der Waals surface area contributed by atoms with Gasteiger partial charge in [0, 0.05) is 19.8 Å². The first-order valence-corrected chi connectivity index (χ1v) is 7.59. The number of hydrogen-bond donors (Lipinski definition) is 1. The SMILES string of the molecule is CCCNC(CCCOC)CC1CCCCC1. The van der Waals surface area contributed by atoms with Crippen LogP contribution in [-0.4, -0.2) is 26.3 Å². The molecule has 1 saturated carbocycles. The van der Waals surface area contributed by atoms with E-state index in [1.165, 1.54) is 64.3 Å². The van der Waals surface area contributed by atoms with Crippen LogP contribution in [0.3, 0.4) is 0 Å². The fourth-order valence-corrected chi connectivity index (χ4v) is 2.95. The maximum atomic E-state index is 5.16. The molecule has 1 atom stereocenters. The molecule has 1 unspecified atom stereocenters. The Labute approximate surface area is 108 Å². The zero-order valence-electron chi connectivity index (χ0n) is 11.8. The zero-order valence-corrected chi connectivity index (χ0v) is 11.8. The van der Waals surface area contributed by atoms with Crippen LogP contribution < -0.4 is 5.32 Å². The van der Waals surface area contributed by atoms with Crippen molar-refractivity contribution in [2.75, 3.05) is 20.3 Å². The molecule has 0 heterocycles. The average Bonchev–Trinajstić information content (AvgIpc) is 2.37. The molecule has 0 aromatic carbocycles. The Kier molecular flexibility index (Phi) is 8.72. The van der Waals surface area contributed by atoms with Gasteiger partial charge in [0.1, 0.15) is 0 Å². The molecule has 1 aliphatic carbocycles. The molecule has 1 N–H and O–H groups in total. The summed E-state index contributed by atoms with van der Waals surface area (Å²) in [7, 11) is 1.80. The van der Waals surface area contributed by atoms with Gasteiger partial charge in [-0.25, -0.2) is 0 Å². The van der Waals surface area contributed by atoms with Crippen molar-refractivity contribution in [3.8, 4) is 0 Å². The maximum absolute atomic E-state index is 5.16. The van der Waals surface area contributed by atoms with Gasteiger partial charge in [-0.1, -0.05) is 39.0 Å². The number of ether oxygens (including phenoxy) is 1. The van der Waals surface area contributed by atoms with Gasteiger partial charge in [0.15, 0.2) is 0 Å². The quantitative estimate of drug-likeness (QED) is 0.621. The molecule has 0 aromatic heterocycles. The molecule has 0 aliphatic heterocycles. The van der Waals surface area contributed by atoms with Crippen molar-refractivity contribution < 1.29 is 4.74 Å². The van der Waals surface area contributed by atoms with Gasteiger partial charge in [0.2, 0.25) is 0 Å². The first-order valence-electron chi connectivity index (χ1n) is 7.59. The zero-order chi connectivity index (χ0) is 12.3. The Morgan fingerprint density at radius 3 is 2.65 bits per heavy atom. The maximum Gasteiger partial charge on any atom is 0.0462 e. The lowest BCUT2D eigenvalue weighted by atomic mass is 9.84. The molecular formula is C15H31NO. The van der Waals surface area contributed by atoms with E-state index in [9.17, 15) is 0 Å². The van der Waals surface area contributed by atoms with E-state index in [1.54, 1.807) is 7.11 Å². The van der Waals surface area contributed by atoms with E-state index in [0.717, 1.165) is 18.6 Å². The molecule has 2 heteroatoms. The Morgan fingerprint density at radius 2 is 2.00 bits per heavy atom. The molecular weight excluding hydrogens is 210 g/mol. The van der Waals surface area contributed by atoms with E-state index in [-0.39, 0.29) is 0 Å². The van der Waals surface area contributed by atoms with Crippen molar-refractivity contribution in [2.24, 2.45) is 5.92 Å². The predicted molar refractivity (Wildman–Crippen MR) is 74.4 cm³/mol. The van der Waals surface area contributed by atoms with E-state index in [0.29, 0.717) is 0 Å². The molecule has 1 aliphatic rings. The Balaban J connectivity index is 2.22. The Morgan fingerprint density at radius 1 is 1.24 bits per heavy atom. The van der Waals surface area contributed by atoms with Crippen LogP contribution in [0.15, 0.2) is 0 Å². The predicted octanol–water partition coefficient (Wildman–Crippen LogP) is 3.75. The second-order valence-corrected chi connectivity index (χ2v) is 5.53. The minimum atomic E-state index is 0.730. The van der Waals surface area contributed by atoms with Crippen molar-refractivity contribution >= 4 is 0 Å². The van der Waals surface area contributed by atoms with Gasteiger partial charge in [-0.05, 0) is 38.1 Å². The topological polar surface area (TPSA) is 21.3 Å². The lowest BCUT2D eigenvalue weighted by Crippen LogP contribution is -2.32. The normalized spacial score (nSPS) is 19.4. The highest BCUT2D eigenvalue weighted by molar-refractivity contribution is 4.74. The number of hydrogen-bond acceptors (Lipinski definition) is 2. The molecule has 0 spiro atoms. The third kappa shape index (κ3) is 7.05. The van der Waals surface area contributed by atoms with Crippen molar-refractivity contribution in [2.45, 2.75) is 70.8 Å². The van der Waals surface area contributed by atoms with Crippen molar-refractivity contribution in [3.63, 3.8) is 0 Å². The fourth-order valence-electron chi connectivity index (χ4n) is 2.95. The van der Waals surface area contributed by atoms with Crippen molar-refractivity contribution in [1.82, 2.24) is 5.32 Å². The molecule has 17 heavy (non-hydrogen) atoms. The minimum absolute atomic E-state index is 0.730. The molecule has 0 amide bonds. The summed E-state index contributed by atoms with van der Waals surface area (Å²) in [5.41, 5.74) is 0. The number of methoxy groups -OCH3 is 1. The summed E-state index contributed by atoms with van der Waals surface area (Å²) in [6, 6.07) is 0.730. The number of rotatable bonds is 9. The van der Waals surface area contributed by atoms with E-state index in [2.05, 4.69) is 12.2 Å². The Hall–Kier alpha value is -0.0800. The molecule has 102 valence electrons. The highest BCUT2D eigenvalue weighted by Crippen LogP contribution is 2.28. The van der Waals surface area contributed by atoms with Gasteiger partial charge in [0.25, 0.3) is 0 Å². The molecule has 0 radical (unpaired) electrons. The van der Waals surface area contributed by atoms with E-state index < -0.39 is 0 Å². The van der Waals surface area contributed by atoms with Crippen LogP contribution in [0, 0.1) is 5.92 Å². The second kappa shape index (κ2) is 9.90. The van der Waals surface area contributed by atoms with E-state index in [4.69, 9.17) is 4.74 Å². The van der Waals surface area contributed by atoms with Gasteiger partial charge in [-0.3, -0.25) is 0 Å². The highest BCUT2D eigenvalue weighted by atomic mass is 16.5. The molecule has 0 bridgehead atoms. The lowest BCUT2D eigenvalue weighted by Gasteiger charge is -2.27. The third-order valence-electron chi connectivity index (χ3n) is 3.93. The first kappa shape index (κ1) is 15.0. The van der Waals surface area contributed by atoms with Gasteiger partial charge in [-0.15, -0.1) is 0 Å². The lowest BCUT2D eigenvalue weighted by molar-refractivity contribution is 0.184. The van der Waals surface area contributed by atoms with Gasteiger partial charge in [0.05, 0.1) is 0 Å². The summed E-state index contributed by atoms with van der Waals surface area (Å²) in [5.74, 6) is 0.987. The summed E-state index contributed by atoms with van der Waals surface area (Å²) < 4.78 is 5.16. The number of nitrogens with one attached hydrogen (secondary N) is 1. The monoisotopic (exact) mass is 241 g/mol. The molecule has 0 aromatic rings. The summed E-state index contributed by atoms with van der Waals surface area (Å²) in [5, 5.41) is 3.72. The average molecular weight is 241 g/mol. The summed E-state index contributed by atoms with van der Waals surface area (Å²) in [6.45, 7) is 4.33. The molecule has 1 rings (SSSR count). The second-order valence-electron chi connectivity index (χ2n) is 5.53. The molecule has 2 nitrogen and oxygen atoms in total. The molecule has 0 saturated heterocycles. The fraction of sp³-hybridized carbons (Fsp3) is 1.00. The van der Waals surface area contributed by atoms with Crippen molar-refractivity contribution in [3.05, 3.63) is 0 Å². The van der Waals surface area contributed by atoms with Crippen molar-refractivity contribution in [1.29, 1.82) is 0 Å². The van der Waals surface area contributed by atoms with Gasteiger partial charge in [-0.2, -0.15) is 0 Å². The molecule has 1 fully saturated rings. The van der Waals surface area contributed by atoms with Crippen LogP contribution in [0.1, 0.15) is 64.7 Å². The Bertz CT molecular complexity index is 166. The van der Waals surface area contributed by atoms with Gasteiger partial charge < -0.3 is 10.1 Å². The van der Waals surface area contributed by atoms with Crippen LogP contribution in [0.5, 0.6) is 0 Å². The van der Waals surface area contributed by atoms with E-state index >= 15 is 0 Å². The summed E-state index contributed by atoms with van der Waals surface area (Å²) >= 11 is 0. The summed E-state index contributed by atoms with van der Waals surface area (Å²) in [4.78, 5) is 0. The van der Waals surface area contributed by atoms with E-state index in [1.807, 2.05) is 0 Å². The van der Waals surface area contributed by atoms with Crippen LogP contribution in [0.25, 0.3) is 0 Å². The first-order chi connectivity index (χ1) is 8.36.